The SMILES string of the molecule is CC[C@H](C)[C@H](NC(=O)[C@@H]1CCCN1C(=O)[C@H](Cc1ccccc1)NC(=O)[C@H](C)NC(=O)[C@H](C)NC(=O)OCc1ccccc1)C(=O)Nc1ccc([N+](=O)[O-])cc1. The maximum Gasteiger partial charge on any atom is 0.408 e. The highest BCUT2D eigenvalue weighted by Crippen LogP contribution is 2.22. The van der Waals surface area contributed by atoms with E-state index in [1.54, 1.807) is 55.5 Å². The van der Waals surface area contributed by atoms with Crippen LogP contribution in [0.3, 0.4) is 0 Å². The van der Waals surface area contributed by atoms with Crippen molar-refractivity contribution >= 4 is 47.0 Å². The number of likely N-dealkylation sites (tertiary alicyclic amines) is 1. The lowest BCUT2D eigenvalue weighted by atomic mass is 9.97. The van der Waals surface area contributed by atoms with Gasteiger partial charge in [-0.05, 0) is 55.9 Å². The van der Waals surface area contributed by atoms with Crippen LogP contribution in [0.2, 0.25) is 0 Å². The molecular weight excluding hydrogens is 722 g/mol. The molecule has 1 aliphatic heterocycles. The van der Waals surface area contributed by atoms with Crippen molar-refractivity contribution in [3.05, 3.63) is 106 Å². The van der Waals surface area contributed by atoms with Gasteiger partial charge in [-0.25, -0.2) is 4.79 Å². The maximum atomic E-state index is 14.2. The van der Waals surface area contributed by atoms with Crippen molar-refractivity contribution in [2.45, 2.75) is 90.2 Å². The Hall–Kier alpha value is -6.32. The monoisotopic (exact) mass is 771 g/mol. The van der Waals surface area contributed by atoms with Gasteiger partial charge in [0.05, 0.1) is 4.92 Å². The van der Waals surface area contributed by atoms with Gasteiger partial charge >= 0.3 is 6.09 Å². The lowest BCUT2D eigenvalue weighted by Gasteiger charge is -2.31. The molecule has 298 valence electrons. The Morgan fingerprint density at radius 3 is 1.98 bits per heavy atom. The average molecular weight is 772 g/mol. The molecule has 1 fully saturated rings. The number of nitro groups is 1. The number of alkyl carbamates (subject to hydrolysis) is 1. The first-order valence-corrected chi connectivity index (χ1v) is 18.5. The van der Waals surface area contributed by atoms with Crippen molar-refractivity contribution in [1.82, 2.24) is 26.2 Å². The molecule has 16 nitrogen and oxygen atoms in total. The highest BCUT2D eigenvalue weighted by atomic mass is 16.6. The Morgan fingerprint density at radius 2 is 1.38 bits per heavy atom. The van der Waals surface area contributed by atoms with Crippen molar-refractivity contribution in [3.8, 4) is 0 Å². The third-order valence-electron chi connectivity index (χ3n) is 9.57. The fourth-order valence-corrected chi connectivity index (χ4v) is 6.10. The van der Waals surface area contributed by atoms with Gasteiger partial charge in [-0.15, -0.1) is 0 Å². The Balaban J connectivity index is 1.41. The van der Waals surface area contributed by atoms with E-state index in [0.29, 0.717) is 24.9 Å². The second-order valence-corrected chi connectivity index (χ2v) is 13.8. The van der Waals surface area contributed by atoms with Gasteiger partial charge in [-0.1, -0.05) is 80.9 Å². The third kappa shape index (κ3) is 12.1. The molecule has 1 saturated heterocycles. The summed E-state index contributed by atoms with van der Waals surface area (Å²) in [6, 6.07) is 18.2. The molecule has 0 radical (unpaired) electrons. The summed E-state index contributed by atoms with van der Waals surface area (Å²) < 4.78 is 5.18. The highest BCUT2D eigenvalue weighted by Gasteiger charge is 2.40. The number of carbonyl (C=O) groups is 6. The van der Waals surface area contributed by atoms with Gasteiger partial charge in [-0.3, -0.25) is 34.1 Å². The number of nitro benzene ring substituents is 1. The number of nitrogens with one attached hydrogen (secondary N) is 5. The van der Waals surface area contributed by atoms with E-state index in [-0.39, 0.29) is 31.2 Å². The molecule has 5 N–H and O–H groups in total. The van der Waals surface area contributed by atoms with Gasteiger partial charge < -0.3 is 36.2 Å². The molecule has 1 aliphatic rings. The van der Waals surface area contributed by atoms with Crippen molar-refractivity contribution in [2.75, 3.05) is 11.9 Å². The van der Waals surface area contributed by atoms with Crippen molar-refractivity contribution in [1.29, 1.82) is 0 Å². The molecule has 56 heavy (non-hydrogen) atoms. The van der Waals surface area contributed by atoms with Gasteiger partial charge in [0.25, 0.3) is 5.69 Å². The summed E-state index contributed by atoms with van der Waals surface area (Å²) in [4.78, 5) is 92.0. The number of anilines is 1. The Morgan fingerprint density at radius 1 is 0.786 bits per heavy atom. The van der Waals surface area contributed by atoms with E-state index in [1.807, 2.05) is 19.1 Å². The molecule has 0 bridgehead atoms. The predicted molar refractivity (Wildman–Crippen MR) is 207 cm³/mol. The average Bonchev–Trinajstić information content (AvgIpc) is 3.69. The predicted octanol–water partition coefficient (Wildman–Crippen LogP) is 3.60. The summed E-state index contributed by atoms with van der Waals surface area (Å²) in [6.07, 6.45) is 0.649. The number of rotatable bonds is 17. The summed E-state index contributed by atoms with van der Waals surface area (Å²) in [6.45, 7) is 6.80. The molecule has 1 heterocycles. The van der Waals surface area contributed by atoms with Gasteiger partial charge in [-0.2, -0.15) is 0 Å². The molecule has 6 amide bonds. The number of hydrogen-bond acceptors (Lipinski definition) is 9. The summed E-state index contributed by atoms with van der Waals surface area (Å²) in [5, 5.41) is 24.3. The zero-order valence-electron chi connectivity index (χ0n) is 31.9. The first-order chi connectivity index (χ1) is 26.8. The van der Waals surface area contributed by atoms with E-state index < -0.39 is 70.8 Å². The third-order valence-corrected chi connectivity index (χ3v) is 9.57. The van der Waals surface area contributed by atoms with Crippen LogP contribution >= 0.6 is 0 Å². The summed E-state index contributed by atoms with van der Waals surface area (Å²) in [5.41, 5.74) is 1.69. The van der Waals surface area contributed by atoms with Crippen LogP contribution in [-0.2, 0) is 41.7 Å². The van der Waals surface area contributed by atoms with Crippen LogP contribution in [0.1, 0.15) is 58.1 Å². The second kappa shape index (κ2) is 20.4. The largest absolute Gasteiger partial charge is 0.445 e. The van der Waals surface area contributed by atoms with Crippen LogP contribution in [0.5, 0.6) is 0 Å². The van der Waals surface area contributed by atoms with Crippen molar-refractivity contribution < 1.29 is 38.4 Å². The van der Waals surface area contributed by atoms with E-state index in [0.717, 1.165) is 11.1 Å². The summed E-state index contributed by atoms with van der Waals surface area (Å²) in [5.74, 6) is -3.18. The molecule has 3 aromatic rings. The molecule has 6 atom stereocenters. The minimum Gasteiger partial charge on any atom is -0.445 e. The van der Waals surface area contributed by atoms with Crippen molar-refractivity contribution in [3.63, 3.8) is 0 Å². The molecule has 16 heteroatoms. The quantitative estimate of drug-likeness (QED) is 0.0999. The first-order valence-electron chi connectivity index (χ1n) is 18.5. The summed E-state index contributed by atoms with van der Waals surface area (Å²) in [7, 11) is 0. The fraction of sp³-hybridized carbons (Fsp3) is 0.400. The van der Waals surface area contributed by atoms with E-state index in [1.165, 1.54) is 43.0 Å². The van der Waals surface area contributed by atoms with E-state index in [9.17, 15) is 38.9 Å². The number of ether oxygens (including phenoxy) is 1. The van der Waals surface area contributed by atoms with Crippen LogP contribution in [0.4, 0.5) is 16.2 Å². The first kappa shape index (κ1) is 42.4. The molecule has 4 rings (SSSR count). The van der Waals surface area contributed by atoms with Gasteiger partial charge in [0.1, 0.15) is 36.8 Å². The fourth-order valence-electron chi connectivity index (χ4n) is 6.10. The molecule has 0 spiro atoms. The van der Waals surface area contributed by atoms with Crippen LogP contribution in [0.25, 0.3) is 0 Å². The molecular formula is C40H49N7O9. The zero-order valence-corrected chi connectivity index (χ0v) is 31.9. The molecule has 0 unspecified atom stereocenters. The van der Waals surface area contributed by atoms with Gasteiger partial charge in [0, 0.05) is 30.8 Å². The Labute approximate surface area is 325 Å². The van der Waals surface area contributed by atoms with Crippen LogP contribution in [0.15, 0.2) is 84.9 Å². The molecule has 0 aliphatic carbocycles. The zero-order chi connectivity index (χ0) is 40.8. The van der Waals surface area contributed by atoms with Crippen molar-refractivity contribution in [2.24, 2.45) is 5.92 Å². The number of non-ortho nitro benzene ring substituents is 1. The van der Waals surface area contributed by atoms with Crippen LogP contribution in [0, 0.1) is 16.0 Å². The molecule has 3 aromatic carbocycles. The summed E-state index contributed by atoms with van der Waals surface area (Å²) >= 11 is 0. The molecule has 0 aromatic heterocycles. The van der Waals surface area contributed by atoms with E-state index in [2.05, 4.69) is 26.6 Å². The van der Waals surface area contributed by atoms with Gasteiger partial charge in [0.2, 0.25) is 29.5 Å². The lowest BCUT2D eigenvalue weighted by Crippen LogP contribution is -2.59. The number of hydrogen-bond donors (Lipinski definition) is 5. The number of nitrogens with zero attached hydrogens (tertiary/aromatic N) is 2. The maximum absolute atomic E-state index is 14.2. The van der Waals surface area contributed by atoms with Crippen LogP contribution in [-0.4, -0.2) is 82.2 Å². The number of amides is 6. The highest BCUT2D eigenvalue weighted by molar-refractivity contribution is 5.99. The standard InChI is InChI=1S/C40H49N7O9/c1-5-25(2)34(38(51)43-30-18-20-31(21-19-30)47(54)55)45-37(50)33-17-12-22-46(33)39(52)32(23-28-13-8-6-9-14-28)44-36(49)26(3)41-35(48)27(4)42-40(53)56-24-29-15-10-7-11-16-29/h6-11,13-16,18-21,25-27,32-34H,5,12,17,22-24H2,1-4H3,(H,41,48)(H,42,53)(H,43,51)(H,44,49)(H,45,50)/t25-,26-,27-,32-,33-,34-/m0/s1. The van der Waals surface area contributed by atoms with E-state index in [4.69, 9.17) is 4.74 Å². The van der Waals surface area contributed by atoms with E-state index >= 15 is 0 Å². The minimum atomic E-state index is -1.11. The number of carbonyl (C=O) groups excluding carboxylic acids is 6. The number of benzene rings is 3. The molecule has 0 saturated carbocycles. The lowest BCUT2D eigenvalue weighted by molar-refractivity contribution is -0.384. The normalized spacial score (nSPS) is 16.2. The second-order valence-electron chi connectivity index (χ2n) is 13.8. The minimum absolute atomic E-state index is 0.00818. The topological polar surface area (TPSA) is 218 Å². The van der Waals surface area contributed by atoms with Gasteiger partial charge in [0.15, 0.2) is 0 Å². The Kier molecular flexibility index (Phi) is 15.4. The Bertz CT molecular complexity index is 1840. The van der Waals surface area contributed by atoms with Crippen LogP contribution < -0.4 is 26.6 Å². The smallest absolute Gasteiger partial charge is 0.408 e.